The fourth-order valence-electron chi connectivity index (χ4n) is 4.00. The molecule has 31 heavy (non-hydrogen) atoms. The zero-order valence-corrected chi connectivity index (χ0v) is 18.2. The molecule has 158 valence electrons. The number of ketones is 1. The average molecular weight is 415 g/mol. The number of nitrogens with zero attached hydrogens (tertiary/aromatic N) is 2. The van der Waals surface area contributed by atoms with Gasteiger partial charge in [0, 0.05) is 46.4 Å². The highest BCUT2D eigenvalue weighted by molar-refractivity contribution is 6.16. The molecule has 0 amide bonds. The van der Waals surface area contributed by atoms with E-state index in [1.807, 2.05) is 62.4 Å². The van der Waals surface area contributed by atoms with E-state index in [1.54, 1.807) is 0 Å². The van der Waals surface area contributed by atoms with Crippen LogP contribution in [-0.2, 0) is 11.4 Å². The van der Waals surface area contributed by atoms with Gasteiger partial charge in [0.1, 0.15) is 0 Å². The van der Waals surface area contributed by atoms with Crippen LogP contribution in [0, 0.1) is 6.92 Å². The van der Waals surface area contributed by atoms with Gasteiger partial charge in [-0.2, -0.15) is 0 Å². The van der Waals surface area contributed by atoms with Gasteiger partial charge in [0.2, 0.25) is 6.29 Å². The summed E-state index contributed by atoms with van der Waals surface area (Å²) in [5.41, 5.74) is 6.13. The molecule has 1 heterocycles. The number of hydrogen-bond acceptors (Lipinski definition) is 4. The quantitative estimate of drug-likeness (QED) is 0.198. The fourth-order valence-corrected chi connectivity index (χ4v) is 4.00. The lowest BCUT2D eigenvalue weighted by molar-refractivity contribution is -0.0836. The highest BCUT2D eigenvalue weighted by Gasteiger charge is 2.16. The third-order valence-electron chi connectivity index (χ3n) is 5.59. The van der Waals surface area contributed by atoms with Gasteiger partial charge in [-0.05, 0) is 62.2 Å². The number of oxime groups is 1. The number of aliphatic hydroxyl groups excluding tert-OH is 1. The maximum atomic E-state index is 13.2. The summed E-state index contributed by atoms with van der Waals surface area (Å²) >= 11 is 0. The van der Waals surface area contributed by atoms with Crippen molar-refractivity contribution < 1.29 is 14.7 Å². The second-order valence-electron chi connectivity index (χ2n) is 7.73. The van der Waals surface area contributed by atoms with E-state index in [9.17, 15) is 9.90 Å². The number of rotatable bonds is 6. The van der Waals surface area contributed by atoms with E-state index in [-0.39, 0.29) is 5.78 Å². The maximum Gasteiger partial charge on any atom is 0.221 e. The Kier molecular flexibility index (Phi) is 5.61. The molecule has 0 aliphatic carbocycles. The number of aromatic nitrogens is 1. The molecule has 0 spiro atoms. The van der Waals surface area contributed by atoms with Gasteiger partial charge in [0.05, 0.1) is 5.71 Å². The van der Waals surface area contributed by atoms with Crippen molar-refractivity contribution in [3.8, 4) is 0 Å². The molecule has 3 aromatic carbocycles. The van der Waals surface area contributed by atoms with Crippen LogP contribution in [0.25, 0.3) is 21.8 Å². The lowest BCUT2D eigenvalue weighted by Gasteiger charge is -2.06. The highest BCUT2D eigenvalue weighted by atomic mass is 16.7. The van der Waals surface area contributed by atoms with Gasteiger partial charge >= 0.3 is 0 Å². The first-order valence-corrected chi connectivity index (χ1v) is 10.5. The zero-order valence-electron chi connectivity index (χ0n) is 18.2. The Morgan fingerprint density at radius 2 is 1.65 bits per heavy atom. The number of aliphatic hydroxyl groups is 1. The molecule has 0 radical (unpaired) electrons. The van der Waals surface area contributed by atoms with E-state index in [0.29, 0.717) is 11.3 Å². The number of carbonyl (C=O) groups is 1. The Hall–Kier alpha value is -3.44. The van der Waals surface area contributed by atoms with Gasteiger partial charge in [-0.15, -0.1) is 0 Å². The standard InChI is InChI=1S/C26H26N2O3/c1-5-28-24-12-10-19(17(3)27-31-18(4)29)14-22(24)23-15-20(11-13-25(23)28)26(30)21-9-7-6-8-16(21)2/h6-15,18,29H,5H2,1-4H3/b27-17+. The molecule has 1 atom stereocenters. The molecule has 0 saturated heterocycles. The van der Waals surface area contributed by atoms with Crippen molar-refractivity contribution >= 4 is 33.3 Å². The van der Waals surface area contributed by atoms with Crippen molar-refractivity contribution in [3.63, 3.8) is 0 Å². The van der Waals surface area contributed by atoms with Crippen molar-refractivity contribution in [2.75, 3.05) is 0 Å². The Morgan fingerprint density at radius 1 is 1.03 bits per heavy atom. The summed E-state index contributed by atoms with van der Waals surface area (Å²) in [5, 5.41) is 15.4. The first-order valence-electron chi connectivity index (χ1n) is 10.5. The van der Waals surface area contributed by atoms with Crippen molar-refractivity contribution in [3.05, 3.63) is 82.9 Å². The number of carbonyl (C=O) groups excluding carboxylic acids is 1. The number of benzene rings is 3. The normalized spacial score (nSPS) is 13.0. The van der Waals surface area contributed by atoms with E-state index in [4.69, 9.17) is 4.84 Å². The number of aryl methyl sites for hydroxylation is 2. The Morgan fingerprint density at radius 3 is 2.26 bits per heavy atom. The molecule has 5 nitrogen and oxygen atoms in total. The van der Waals surface area contributed by atoms with Crippen LogP contribution in [0.15, 0.2) is 65.8 Å². The minimum absolute atomic E-state index is 0.0247. The molecule has 5 heteroatoms. The first-order chi connectivity index (χ1) is 14.9. The minimum Gasteiger partial charge on any atom is -0.364 e. The summed E-state index contributed by atoms with van der Waals surface area (Å²) in [5.74, 6) is 0.0247. The van der Waals surface area contributed by atoms with Crippen LogP contribution in [-0.4, -0.2) is 27.5 Å². The molecule has 4 rings (SSSR count). The Labute approximate surface area is 181 Å². The predicted octanol–water partition coefficient (Wildman–Crippen LogP) is 5.43. The van der Waals surface area contributed by atoms with Crippen molar-refractivity contribution in [1.29, 1.82) is 0 Å². The van der Waals surface area contributed by atoms with Gasteiger partial charge in [-0.3, -0.25) is 4.79 Å². The molecule has 1 aromatic heterocycles. The molecule has 1 unspecified atom stereocenters. The maximum absolute atomic E-state index is 13.2. The monoisotopic (exact) mass is 414 g/mol. The second kappa shape index (κ2) is 8.36. The minimum atomic E-state index is -0.962. The van der Waals surface area contributed by atoms with Gasteiger partial charge in [-0.25, -0.2) is 0 Å². The van der Waals surface area contributed by atoms with Crippen molar-refractivity contribution in [2.24, 2.45) is 5.16 Å². The van der Waals surface area contributed by atoms with Crippen LogP contribution in [0.2, 0.25) is 0 Å². The molecular weight excluding hydrogens is 388 g/mol. The van der Waals surface area contributed by atoms with Gasteiger partial charge in [-0.1, -0.05) is 35.5 Å². The predicted molar refractivity (Wildman–Crippen MR) is 125 cm³/mol. The van der Waals surface area contributed by atoms with E-state index in [2.05, 4.69) is 28.8 Å². The molecule has 0 fully saturated rings. The first kappa shape index (κ1) is 20.8. The van der Waals surface area contributed by atoms with E-state index < -0.39 is 6.29 Å². The Bertz CT molecular complexity index is 1320. The fraction of sp³-hybridized carbons (Fsp3) is 0.231. The second-order valence-corrected chi connectivity index (χ2v) is 7.73. The van der Waals surface area contributed by atoms with E-state index >= 15 is 0 Å². The van der Waals surface area contributed by atoms with Crippen LogP contribution in [0.5, 0.6) is 0 Å². The van der Waals surface area contributed by atoms with Crippen molar-refractivity contribution in [2.45, 2.75) is 40.5 Å². The number of hydrogen-bond donors (Lipinski definition) is 1. The zero-order chi connectivity index (χ0) is 22.1. The summed E-state index contributed by atoms with van der Waals surface area (Å²) in [4.78, 5) is 18.2. The molecule has 1 N–H and O–H groups in total. The highest BCUT2D eigenvalue weighted by Crippen LogP contribution is 2.31. The van der Waals surface area contributed by atoms with Crippen molar-refractivity contribution in [1.82, 2.24) is 4.57 Å². The van der Waals surface area contributed by atoms with Gasteiger partial charge < -0.3 is 14.5 Å². The summed E-state index contributed by atoms with van der Waals surface area (Å²) < 4.78 is 2.25. The largest absolute Gasteiger partial charge is 0.364 e. The summed E-state index contributed by atoms with van der Waals surface area (Å²) in [6.07, 6.45) is -0.962. The lowest BCUT2D eigenvalue weighted by Crippen LogP contribution is -2.04. The molecule has 0 bridgehead atoms. The van der Waals surface area contributed by atoms with Crippen LogP contribution in [0.4, 0.5) is 0 Å². The Balaban J connectivity index is 1.88. The third kappa shape index (κ3) is 3.84. The summed E-state index contributed by atoms with van der Waals surface area (Å²) in [6.45, 7) is 8.25. The molecule has 0 aliphatic rings. The molecule has 0 aliphatic heterocycles. The van der Waals surface area contributed by atoms with Crippen LogP contribution < -0.4 is 0 Å². The molecule has 4 aromatic rings. The van der Waals surface area contributed by atoms with E-state index in [0.717, 1.165) is 45.0 Å². The van der Waals surface area contributed by atoms with Crippen LogP contribution in [0.3, 0.4) is 0 Å². The van der Waals surface area contributed by atoms with E-state index in [1.165, 1.54) is 6.92 Å². The van der Waals surface area contributed by atoms with Crippen LogP contribution >= 0.6 is 0 Å². The van der Waals surface area contributed by atoms with Crippen LogP contribution in [0.1, 0.15) is 47.8 Å². The molecule has 0 saturated carbocycles. The number of fused-ring (bicyclic) bond motifs is 3. The molecular formula is C26H26N2O3. The summed E-state index contributed by atoms with van der Waals surface area (Å²) in [7, 11) is 0. The average Bonchev–Trinajstić information content (AvgIpc) is 3.09. The third-order valence-corrected chi connectivity index (χ3v) is 5.59. The SMILES string of the molecule is CCn1c2ccc(C(=O)c3ccccc3C)cc2c2cc(/C(C)=N/OC(C)O)ccc21. The van der Waals surface area contributed by atoms with Gasteiger partial charge in [0.15, 0.2) is 5.78 Å². The summed E-state index contributed by atoms with van der Waals surface area (Å²) in [6, 6.07) is 19.7. The lowest BCUT2D eigenvalue weighted by atomic mass is 9.97. The topological polar surface area (TPSA) is 63.8 Å². The van der Waals surface area contributed by atoms with Gasteiger partial charge in [0.25, 0.3) is 0 Å². The smallest absolute Gasteiger partial charge is 0.221 e.